The molecule has 0 N–H and O–H groups in total. The summed E-state index contributed by atoms with van der Waals surface area (Å²) < 4.78 is 5.18. The van der Waals surface area contributed by atoms with E-state index in [1.54, 1.807) is 0 Å². The van der Waals surface area contributed by atoms with Gasteiger partial charge in [-0.1, -0.05) is 13.8 Å². The number of carbonyl (C=O) groups excluding carboxylic acids is 1. The average molecular weight is 140 g/mol. The van der Waals surface area contributed by atoms with E-state index >= 15 is 0 Å². The van der Waals surface area contributed by atoms with Crippen LogP contribution in [0.5, 0.6) is 0 Å². The first-order chi connectivity index (χ1) is 4.58. The van der Waals surface area contributed by atoms with E-state index in [4.69, 9.17) is 4.74 Å². The van der Waals surface area contributed by atoms with Gasteiger partial charge in [0.1, 0.15) is 6.10 Å². The molecule has 2 nitrogen and oxygen atoms in total. The molecular formula is C8H12O2. The molecule has 0 unspecified atom stereocenters. The Balaban J connectivity index is 2.13. The number of hydrogen-bond donors (Lipinski definition) is 0. The number of fused-ring (bicyclic) bond motifs is 1. The van der Waals surface area contributed by atoms with Crippen molar-refractivity contribution in [2.75, 3.05) is 0 Å². The first-order valence-electron chi connectivity index (χ1n) is 3.77. The topological polar surface area (TPSA) is 29.6 Å². The fraction of sp³-hybridized carbons (Fsp3) is 0.875. The Morgan fingerprint density at radius 1 is 1.60 bits per heavy atom. The standard InChI is InChI=1S/C8H12O2/c1-8(2)3-5(9)7-6(4-8)10-7/h6-7H,3-4H2,1-2H3/t6-,7-/m1/s1. The minimum absolute atomic E-state index is 0.00646. The van der Waals surface area contributed by atoms with Gasteiger partial charge in [-0.05, 0) is 11.8 Å². The molecule has 0 aromatic rings. The Morgan fingerprint density at radius 3 is 2.90 bits per heavy atom. The molecule has 0 radical (unpaired) electrons. The summed E-state index contributed by atoms with van der Waals surface area (Å²) in [6.45, 7) is 4.26. The molecular weight excluding hydrogens is 128 g/mol. The second-order valence-electron chi connectivity index (χ2n) is 4.11. The van der Waals surface area contributed by atoms with Crippen LogP contribution >= 0.6 is 0 Å². The lowest BCUT2D eigenvalue weighted by Gasteiger charge is -2.25. The van der Waals surface area contributed by atoms with Crippen molar-refractivity contribution < 1.29 is 9.53 Å². The summed E-state index contributed by atoms with van der Waals surface area (Å²) in [4.78, 5) is 11.1. The van der Waals surface area contributed by atoms with Crippen LogP contribution in [0, 0.1) is 5.41 Å². The summed E-state index contributed by atoms with van der Waals surface area (Å²) in [5, 5.41) is 0. The van der Waals surface area contributed by atoms with Crippen LogP contribution in [0.3, 0.4) is 0 Å². The lowest BCUT2D eigenvalue weighted by molar-refractivity contribution is -0.122. The van der Waals surface area contributed by atoms with Gasteiger partial charge < -0.3 is 4.74 Å². The van der Waals surface area contributed by atoms with Crippen molar-refractivity contribution in [2.24, 2.45) is 5.41 Å². The van der Waals surface area contributed by atoms with Gasteiger partial charge in [-0.2, -0.15) is 0 Å². The number of epoxide rings is 1. The third-order valence-corrected chi connectivity index (χ3v) is 2.31. The van der Waals surface area contributed by atoms with Crippen LogP contribution in [0.2, 0.25) is 0 Å². The van der Waals surface area contributed by atoms with Crippen LogP contribution in [-0.2, 0) is 9.53 Å². The Morgan fingerprint density at radius 2 is 2.30 bits per heavy atom. The zero-order valence-electron chi connectivity index (χ0n) is 6.39. The summed E-state index contributed by atoms with van der Waals surface area (Å²) >= 11 is 0. The van der Waals surface area contributed by atoms with Crippen LogP contribution < -0.4 is 0 Å². The van der Waals surface area contributed by atoms with Crippen molar-refractivity contribution in [3.8, 4) is 0 Å². The van der Waals surface area contributed by atoms with Crippen LogP contribution in [0.25, 0.3) is 0 Å². The number of Topliss-reactive ketones (excluding diaryl/α,β-unsaturated/α-hetero) is 1. The van der Waals surface area contributed by atoms with Crippen LogP contribution in [0.1, 0.15) is 26.7 Å². The lowest BCUT2D eigenvalue weighted by Crippen LogP contribution is -2.28. The normalized spacial score (nSPS) is 42.8. The Labute approximate surface area is 60.6 Å². The van der Waals surface area contributed by atoms with Gasteiger partial charge in [0.15, 0.2) is 5.78 Å². The van der Waals surface area contributed by atoms with E-state index in [1.807, 2.05) is 0 Å². The highest BCUT2D eigenvalue weighted by Gasteiger charge is 2.52. The van der Waals surface area contributed by atoms with E-state index in [9.17, 15) is 4.79 Å². The van der Waals surface area contributed by atoms with Crippen LogP contribution in [0.4, 0.5) is 0 Å². The average Bonchev–Trinajstić information content (AvgIpc) is 2.40. The van der Waals surface area contributed by atoms with Crippen molar-refractivity contribution in [3.63, 3.8) is 0 Å². The molecule has 1 aliphatic heterocycles. The molecule has 2 fully saturated rings. The van der Waals surface area contributed by atoms with Crippen LogP contribution in [-0.4, -0.2) is 18.0 Å². The van der Waals surface area contributed by atoms with Gasteiger partial charge in [-0.15, -0.1) is 0 Å². The first-order valence-corrected chi connectivity index (χ1v) is 3.77. The van der Waals surface area contributed by atoms with Gasteiger partial charge in [-0.25, -0.2) is 0 Å². The molecule has 0 aromatic heterocycles. The summed E-state index contributed by atoms with van der Waals surface area (Å²) in [6.07, 6.45) is 2.03. The smallest absolute Gasteiger partial charge is 0.164 e. The monoisotopic (exact) mass is 140 g/mol. The highest BCUT2D eigenvalue weighted by molar-refractivity contribution is 5.87. The molecule has 0 spiro atoms. The summed E-state index contributed by atoms with van der Waals surface area (Å²) in [7, 11) is 0. The summed E-state index contributed by atoms with van der Waals surface area (Å²) in [5.41, 5.74) is 0.189. The van der Waals surface area contributed by atoms with E-state index < -0.39 is 0 Å². The Bertz CT molecular complexity index is 184. The van der Waals surface area contributed by atoms with E-state index in [-0.39, 0.29) is 17.6 Å². The first kappa shape index (κ1) is 6.35. The molecule has 0 amide bonds. The summed E-state index contributed by atoms with van der Waals surface area (Å²) in [6, 6.07) is 0. The number of carbonyl (C=O) groups is 1. The second kappa shape index (κ2) is 1.62. The Hall–Kier alpha value is -0.370. The summed E-state index contributed by atoms with van der Waals surface area (Å²) in [5.74, 6) is 0.307. The second-order valence-corrected chi connectivity index (χ2v) is 4.11. The third-order valence-electron chi connectivity index (χ3n) is 2.31. The SMILES string of the molecule is CC1(C)CC(=O)[C@H]2O[C@@H]2C1. The van der Waals surface area contributed by atoms with Crippen molar-refractivity contribution in [3.05, 3.63) is 0 Å². The van der Waals surface area contributed by atoms with Crippen molar-refractivity contribution in [1.82, 2.24) is 0 Å². The molecule has 1 saturated carbocycles. The minimum Gasteiger partial charge on any atom is -0.361 e. The van der Waals surface area contributed by atoms with E-state index in [1.165, 1.54) is 0 Å². The zero-order valence-corrected chi connectivity index (χ0v) is 6.39. The molecule has 56 valence electrons. The number of rotatable bonds is 0. The van der Waals surface area contributed by atoms with Crippen LogP contribution in [0.15, 0.2) is 0 Å². The molecule has 1 aliphatic carbocycles. The van der Waals surface area contributed by atoms with Gasteiger partial charge in [-0.3, -0.25) is 4.79 Å². The predicted octanol–water partition coefficient (Wildman–Crippen LogP) is 1.14. The van der Waals surface area contributed by atoms with Gasteiger partial charge in [0.05, 0.1) is 6.10 Å². The third kappa shape index (κ3) is 0.870. The highest BCUT2D eigenvalue weighted by Crippen LogP contribution is 2.43. The molecule has 1 heterocycles. The fourth-order valence-electron chi connectivity index (χ4n) is 1.77. The fourth-order valence-corrected chi connectivity index (χ4v) is 1.77. The molecule has 2 aliphatic rings. The maximum absolute atomic E-state index is 11.1. The van der Waals surface area contributed by atoms with Gasteiger partial charge >= 0.3 is 0 Å². The lowest BCUT2D eigenvalue weighted by atomic mass is 9.77. The molecule has 2 heteroatoms. The molecule has 2 atom stereocenters. The van der Waals surface area contributed by atoms with Gasteiger partial charge in [0, 0.05) is 6.42 Å². The number of ether oxygens (including phenoxy) is 1. The minimum atomic E-state index is -0.00646. The number of ketones is 1. The van der Waals surface area contributed by atoms with Crippen molar-refractivity contribution in [2.45, 2.75) is 38.9 Å². The largest absolute Gasteiger partial charge is 0.361 e. The molecule has 2 rings (SSSR count). The van der Waals surface area contributed by atoms with E-state index in [2.05, 4.69) is 13.8 Å². The predicted molar refractivity (Wildman–Crippen MR) is 36.7 cm³/mol. The number of hydrogen-bond acceptors (Lipinski definition) is 2. The zero-order chi connectivity index (χ0) is 7.35. The quantitative estimate of drug-likeness (QED) is 0.472. The van der Waals surface area contributed by atoms with Crippen molar-refractivity contribution in [1.29, 1.82) is 0 Å². The maximum Gasteiger partial charge on any atom is 0.164 e. The van der Waals surface area contributed by atoms with E-state index in [0.717, 1.165) is 6.42 Å². The molecule has 1 saturated heterocycles. The van der Waals surface area contributed by atoms with E-state index in [0.29, 0.717) is 12.2 Å². The molecule has 10 heavy (non-hydrogen) atoms. The maximum atomic E-state index is 11.1. The highest BCUT2D eigenvalue weighted by atomic mass is 16.6. The van der Waals surface area contributed by atoms with Crippen molar-refractivity contribution >= 4 is 5.78 Å². The molecule has 0 aromatic carbocycles. The van der Waals surface area contributed by atoms with Gasteiger partial charge in [0.2, 0.25) is 0 Å². The Kier molecular flexibility index (Phi) is 1.03. The van der Waals surface area contributed by atoms with Gasteiger partial charge in [0.25, 0.3) is 0 Å². The molecule has 0 bridgehead atoms.